The zero-order valence-corrected chi connectivity index (χ0v) is 20.7. The van der Waals surface area contributed by atoms with Crippen LogP contribution in [0.2, 0.25) is 5.02 Å². The molecule has 2 aromatic rings. The lowest BCUT2D eigenvalue weighted by Gasteiger charge is -2.17. The van der Waals surface area contributed by atoms with Gasteiger partial charge in [-0.25, -0.2) is 8.42 Å². The van der Waals surface area contributed by atoms with Gasteiger partial charge in [-0.05, 0) is 61.9 Å². The third-order valence-electron chi connectivity index (χ3n) is 6.99. The number of benzene rings is 2. The van der Waals surface area contributed by atoms with Crippen LogP contribution in [0.15, 0.2) is 53.4 Å². The Morgan fingerprint density at radius 2 is 1.69 bits per heavy atom. The summed E-state index contributed by atoms with van der Waals surface area (Å²) in [5.41, 5.74) is 2.35. The van der Waals surface area contributed by atoms with E-state index in [1.165, 1.54) is 18.2 Å². The Hall–Kier alpha value is -3.17. The highest BCUT2D eigenvalue weighted by atomic mass is 35.5. The number of rotatable bonds is 6. The van der Waals surface area contributed by atoms with Crippen molar-refractivity contribution in [1.82, 2.24) is 4.90 Å². The fraction of sp³-hybridized carbons (Fsp3) is 0.320. The molecule has 3 amide bonds. The highest BCUT2D eigenvalue weighted by Gasteiger charge is 2.59. The van der Waals surface area contributed by atoms with Gasteiger partial charge in [-0.3, -0.25) is 24.0 Å². The molecule has 10 heteroatoms. The van der Waals surface area contributed by atoms with Crippen LogP contribution in [0, 0.1) is 37.5 Å². The van der Waals surface area contributed by atoms with E-state index in [-0.39, 0.29) is 51.1 Å². The molecule has 1 heterocycles. The molecule has 0 unspecified atom stereocenters. The van der Waals surface area contributed by atoms with Crippen molar-refractivity contribution in [1.29, 1.82) is 0 Å². The Morgan fingerprint density at radius 3 is 2.31 bits per heavy atom. The second-order valence-electron chi connectivity index (χ2n) is 9.38. The number of carbonyl (C=O) groups is 3. The average molecular weight is 514 g/mol. The Balaban J connectivity index is 1.30. The monoisotopic (exact) mass is 513 g/mol. The van der Waals surface area contributed by atoms with E-state index in [0.717, 1.165) is 22.4 Å². The number of anilines is 2. The van der Waals surface area contributed by atoms with Gasteiger partial charge in [0.15, 0.2) is 0 Å². The molecule has 3 aliphatic rings. The maximum Gasteiger partial charge on any atom is 0.263 e. The van der Waals surface area contributed by atoms with Crippen LogP contribution < -0.4 is 10.0 Å². The normalized spacial score (nSPS) is 24.7. The van der Waals surface area contributed by atoms with Crippen LogP contribution in [-0.4, -0.2) is 37.6 Å². The van der Waals surface area contributed by atoms with E-state index in [4.69, 9.17) is 11.6 Å². The molecule has 2 aromatic carbocycles. The number of amides is 3. The fourth-order valence-electron chi connectivity index (χ4n) is 5.38. The van der Waals surface area contributed by atoms with Gasteiger partial charge in [0, 0.05) is 5.69 Å². The van der Waals surface area contributed by atoms with Gasteiger partial charge in [-0.2, -0.15) is 0 Å². The highest BCUT2D eigenvalue weighted by Crippen LogP contribution is 2.52. The van der Waals surface area contributed by atoms with Crippen LogP contribution in [0.25, 0.3) is 0 Å². The van der Waals surface area contributed by atoms with Gasteiger partial charge in [0.05, 0.1) is 22.5 Å². The molecule has 8 nitrogen and oxygen atoms in total. The minimum absolute atomic E-state index is 0.0130. The summed E-state index contributed by atoms with van der Waals surface area (Å²) in [7, 11) is -4.05. The molecule has 1 saturated heterocycles. The van der Waals surface area contributed by atoms with Gasteiger partial charge in [-0.15, -0.1) is 0 Å². The first-order chi connectivity index (χ1) is 16.5. The number of hydrogen-bond acceptors (Lipinski definition) is 5. The maximum atomic E-state index is 13.0. The number of allylic oxidation sites excluding steroid dienone is 2. The van der Waals surface area contributed by atoms with Gasteiger partial charge in [-0.1, -0.05) is 41.4 Å². The Morgan fingerprint density at radius 1 is 1.03 bits per heavy atom. The molecular formula is C25H24ClN3O5S. The molecule has 2 bridgehead atoms. The number of aryl methyl sites for hydroxylation is 2. The minimum atomic E-state index is -4.05. The number of nitrogens with zero attached hydrogens (tertiary/aromatic N) is 1. The molecule has 0 radical (unpaired) electrons. The Bertz CT molecular complexity index is 1370. The summed E-state index contributed by atoms with van der Waals surface area (Å²) in [5, 5.41) is 2.57. The third kappa shape index (κ3) is 4.12. The lowest BCUT2D eigenvalue weighted by atomic mass is 9.85. The van der Waals surface area contributed by atoms with Gasteiger partial charge < -0.3 is 5.32 Å². The molecule has 4 atom stereocenters. The average Bonchev–Trinajstić information content (AvgIpc) is 3.47. The molecule has 182 valence electrons. The number of imide groups is 1. The summed E-state index contributed by atoms with van der Waals surface area (Å²) in [5.74, 6) is -1.87. The molecule has 0 aromatic heterocycles. The highest BCUT2D eigenvalue weighted by molar-refractivity contribution is 7.92. The lowest BCUT2D eigenvalue weighted by Crippen LogP contribution is -2.39. The lowest BCUT2D eigenvalue weighted by molar-refractivity contribution is -0.143. The van der Waals surface area contributed by atoms with Crippen molar-refractivity contribution in [2.24, 2.45) is 23.7 Å². The SMILES string of the molecule is Cc1ccc(NS(=O)(=O)c2cc(NC(=O)CN3C(=O)[C@@H]4[C@H](C3=O)[C@H]3C=C[C@H]4C3)ccc2Cl)c(C)c1. The summed E-state index contributed by atoms with van der Waals surface area (Å²) < 4.78 is 28.6. The van der Waals surface area contributed by atoms with E-state index >= 15 is 0 Å². The smallest absolute Gasteiger partial charge is 0.263 e. The molecule has 35 heavy (non-hydrogen) atoms. The second-order valence-corrected chi connectivity index (χ2v) is 11.4. The first-order valence-electron chi connectivity index (χ1n) is 11.3. The van der Waals surface area contributed by atoms with E-state index in [9.17, 15) is 22.8 Å². The number of likely N-dealkylation sites (tertiary alicyclic amines) is 1. The standard InChI is InChI=1S/C25H24ClN3O5S/c1-13-3-8-19(14(2)9-13)28-35(33,34)20-11-17(6-7-18(20)26)27-21(30)12-29-24(31)22-15-4-5-16(10-15)23(22)25(29)32/h3-9,11,15-16,22-23,28H,10,12H2,1-2H3,(H,27,30)/t15-,16-,22-,23+/m0/s1. The first-order valence-corrected chi connectivity index (χ1v) is 13.1. The third-order valence-corrected chi connectivity index (χ3v) is 8.84. The summed E-state index contributed by atoms with van der Waals surface area (Å²) in [6.07, 6.45) is 4.79. The minimum Gasteiger partial charge on any atom is -0.324 e. The predicted octanol–water partition coefficient (Wildman–Crippen LogP) is 3.50. The van der Waals surface area contributed by atoms with Crippen molar-refractivity contribution in [3.8, 4) is 0 Å². The number of halogens is 1. The topological polar surface area (TPSA) is 113 Å². The van der Waals surface area contributed by atoms with E-state index in [1.807, 2.05) is 25.1 Å². The zero-order chi connectivity index (χ0) is 25.1. The summed E-state index contributed by atoms with van der Waals surface area (Å²) in [6, 6.07) is 9.39. The van der Waals surface area contributed by atoms with Crippen LogP contribution in [0.5, 0.6) is 0 Å². The van der Waals surface area contributed by atoms with Crippen LogP contribution >= 0.6 is 11.6 Å². The van der Waals surface area contributed by atoms with Crippen LogP contribution in [0.1, 0.15) is 17.5 Å². The van der Waals surface area contributed by atoms with E-state index < -0.39 is 22.5 Å². The molecule has 5 rings (SSSR count). The van der Waals surface area contributed by atoms with E-state index in [0.29, 0.717) is 5.69 Å². The van der Waals surface area contributed by atoms with Crippen molar-refractivity contribution >= 4 is 50.7 Å². The first kappa shape index (κ1) is 23.6. The summed E-state index contributed by atoms with van der Waals surface area (Å²) in [4.78, 5) is 39.1. The van der Waals surface area contributed by atoms with E-state index in [2.05, 4.69) is 10.0 Å². The van der Waals surface area contributed by atoms with Crippen molar-refractivity contribution in [3.05, 3.63) is 64.7 Å². The molecule has 2 aliphatic carbocycles. The van der Waals surface area contributed by atoms with Crippen LogP contribution in [0.4, 0.5) is 11.4 Å². The molecular weight excluding hydrogens is 490 g/mol. The van der Waals surface area contributed by atoms with Crippen molar-refractivity contribution in [3.63, 3.8) is 0 Å². The Labute approximate surface area is 208 Å². The number of hydrogen-bond donors (Lipinski definition) is 2. The second kappa shape index (κ2) is 8.49. The quantitative estimate of drug-likeness (QED) is 0.453. The van der Waals surface area contributed by atoms with Crippen molar-refractivity contribution in [2.75, 3.05) is 16.6 Å². The van der Waals surface area contributed by atoms with Crippen LogP contribution in [-0.2, 0) is 24.4 Å². The predicted molar refractivity (Wildman–Crippen MR) is 131 cm³/mol. The number of fused-ring (bicyclic) bond motifs is 5. The molecule has 2 N–H and O–H groups in total. The van der Waals surface area contributed by atoms with Crippen molar-refractivity contribution in [2.45, 2.75) is 25.2 Å². The van der Waals surface area contributed by atoms with Gasteiger partial charge in [0.2, 0.25) is 17.7 Å². The summed E-state index contributed by atoms with van der Waals surface area (Å²) in [6.45, 7) is 3.28. The number of sulfonamides is 1. The molecule has 2 fully saturated rings. The van der Waals surface area contributed by atoms with Gasteiger partial charge >= 0.3 is 0 Å². The molecule has 0 spiro atoms. The maximum absolute atomic E-state index is 13.0. The van der Waals surface area contributed by atoms with Crippen molar-refractivity contribution < 1.29 is 22.8 Å². The van der Waals surface area contributed by atoms with Gasteiger partial charge in [0.1, 0.15) is 11.4 Å². The Kier molecular flexibility index (Phi) is 5.72. The summed E-state index contributed by atoms with van der Waals surface area (Å²) >= 11 is 6.18. The van der Waals surface area contributed by atoms with Crippen LogP contribution in [0.3, 0.4) is 0 Å². The number of carbonyl (C=O) groups excluding carboxylic acids is 3. The number of nitrogens with one attached hydrogen (secondary N) is 2. The van der Waals surface area contributed by atoms with Gasteiger partial charge in [0.25, 0.3) is 10.0 Å². The largest absolute Gasteiger partial charge is 0.324 e. The van der Waals surface area contributed by atoms with E-state index in [1.54, 1.807) is 19.1 Å². The molecule has 1 saturated carbocycles. The zero-order valence-electron chi connectivity index (χ0n) is 19.1. The molecule has 1 aliphatic heterocycles. The fourth-order valence-corrected chi connectivity index (χ4v) is 7.04.